The van der Waals surface area contributed by atoms with Crippen molar-refractivity contribution in [1.29, 1.82) is 0 Å². The van der Waals surface area contributed by atoms with Gasteiger partial charge < -0.3 is 14.6 Å². The topological polar surface area (TPSA) is 38.7 Å². The number of benzene rings is 1. The molecule has 0 aliphatic heterocycles. The third kappa shape index (κ3) is 5.00. The first-order valence-electron chi connectivity index (χ1n) is 3.69. The van der Waals surface area contributed by atoms with Gasteiger partial charge in [-0.2, -0.15) is 0 Å². The molecule has 0 aliphatic carbocycles. The van der Waals surface area contributed by atoms with Crippen LogP contribution in [0.1, 0.15) is 5.56 Å². The first-order valence-corrected chi connectivity index (χ1v) is 3.69. The van der Waals surface area contributed by atoms with Crippen LogP contribution in [0.15, 0.2) is 30.3 Å². The minimum Gasteiger partial charge on any atom is -0.346 e. The zero-order chi connectivity index (χ0) is 8.81. The Hall–Kier alpha value is -0.420. The van der Waals surface area contributed by atoms with E-state index in [1.807, 2.05) is 30.3 Å². The van der Waals surface area contributed by atoms with Crippen LogP contribution in [-0.4, -0.2) is 18.7 Å². The van der Waals surface area contributed by atoms with Crippen LogP contribution in [0.4, 0.5) is 0 Å². The van der Waals surface area contributed by atoms with E-state index in [1.165, 1.54) is 7.11 Å². The van der Waals surface area contributed by atoms with E-state index in [-0.39, 0.29) is 17.0 Å². The van der Waals surface area contributed by atoms with Crippen LogP contribution in [0, 0.1) is 0 Å². The number of hydrogen-bond donors (Lipinski definition) is 1. The smallest absolute Gasteiger partial charge is 0.269 e. The zero-order valence-electron chi connectivity index (χ0n) is 7.34. The van der Waals surface area contributed by atoms with Gasteiger partial charge in [-0.3, -0.25) is 0 Å². The van der Waals surface area contributed by atoms with Crippen molar-refractivity contribution < 1.29 is 14.6 Å². The monoisotopic (exact) mass is 248 g/mol. The number of rotatable bonds is 4. The molecule has 0 spiro atoms. The summed E-state index contributed by atoms with van der Waals surface area (Å²) in [4.78, 5) is 0. The maximum atomic E-state index is 8.87. The molecule has 0 amide bonds. The van der Waals surface area contributed by atoms with Crippen molar-refractivity contribution in [3.05, 3.63) is 35.9 Å². The molecule has 1 atom stereocenters. The first kappa shape index (κ1) is 12.6. The van der Waals surface area contributed by atoms with Gasteiger partial charge in [0.05, 0.1) is 6.61 Å². The van der Waals surface area contributed by atoms with Crippen LogP contribution in [0.2, 0.25) is 0 Å². The van der Waals surface area contributed by atoms with E-state index in [4.69, 9.17) is 9.84 Å². The van der Waals surface area contributed by atoms with Crippen molar-refractivity contribution in [3.8, 4) is 0 Å². The molecule has 3 nitrogen and oxygen atoms in total. The Morgan fingerprint density at radius 3 is 2.46 bits per heavy atom. The van der Waals surface area contributed by atoms with E-state index < -0.39 is 6.48 Å². The molecule has 0 radical (unpaired) electrons. The summed E-state index contributed by atoms with van der Waals surface area (Å²) in [7, 11) is 1.38. The molecule has 1 rings (SSSR count). The maximum absolute atomic E-state index is 8.87. The summed E-state index contributed by atoms with van der Waals surface area (Å²) in [5.41, 5.74) is 1.01. The molecule has 13 heavy (non-hydrogen) atoms. The van der Waals surface area contributed by atoms with Gasteiger partial charge in [0.15, 0.2) is 0 Å². The minimum absolute atomic E-state index is 0. The summed E-state index contributed by atoms with van der Waals surface area (Å²) in [6.07, 6.45) is 0. The van der Waals surface area contributed by atoms with Crippen LogP contribution in [0.3, 0.4) is 0 Å². The summed E-state index contributed by atoms with van der Waals surface area (Å²) in [5.74, 6) is 0. The lowest BCUT2D eigenvalue weighted by Gasteiger charge is -2.08. The normalized spacial score (nSPS) is 11.8. The van der Waals surface area contributed by atoms with Crippen molar-refractivity contribution in [2.24, 2.45) is 0 Å². The lowest BCUT2D eigenvalue weighted by atomic mass is 10.2. The highest BCUT2D eigenvalue weighted by Crippen LogP contribution is 2.01. The van der Waals surface area contributed by atoms with Gasteiger partial charge in [0, 0.05) is 7.11 Å². The Labute approximate surface area is 88.1 Å². The minimum atomic E-state index is -1.13. The van der Waals surface area contributed by atoms with Crippen molar-refractivity contribution in [1.82, 2.24) is 0 Å². The zero-order valence-corrected chi connectivity index (χ0v) is 9.06. The van der Waals surface area contributed by atoms with Crippen LogP contribution >= 0.6 is 17.0 Å². The highest BCUT2D eigenvalue weighted by atomic mass is 79.9. The Bertz CT molecular complexity index is 215. The molecular weight excluding hydrogens is 236 g/mol. The van der Waals surface area contributed by atoms with Crippen LogP contribution in [0.25, 0.3) is 0 Å². The molecule has 0 bridgehead atoms. The predicted molar refractivity (Wildman–Crippen MR) is 54.6 cm³/mol. The highest BCUT2D eigenvalue weighted by Gasteiger charge is 1.99. The summed E-state index contributed by atoms with van der Waals surface area (Å²) in [6.45, 7) is -0.777. The standard InChI is InChI=1S/C9H12O3.BrH/c1-11-9(10)12-7-8-5-3-2-4-6-8;/h2-6,9-10H,7H2,1H3;1H. The molecule has 0 aromatic heterocycles. The van der Waals surface area contributed by atoms with Gasteiger partial charge in [0.2, 0.25) is 0 Å². The number of halogens is 1. The average molecular weight is 249 g/mol. The van der Waals surface area contributed by atoms with Crippen molar-refractivity contribution in [3.63, 3.8) is 0 Å². The highest BCUT2D eigenvalue weighted by molar-refractivity contribution is 8.93. The van der Waals surface area contributed by atoms with Crippen molar-refractivity contribution in [2.45, 2.75) is 13.1 Å². The molecule has 1 aromatic carbocycles. The second kappa shape index (κ2) is 7.03. The molecule has 0 saturated carbocycles. The molecule has 1 unspecified atom stereocenters. The fraction of sp³-hybridized carbons (Fsp3) is 0.333. The number of methoxy groups -OCH3 is 1. The van der Waals surface area contributed by atoms with Gasteiger partial charge in [-0.1, -0.05) is 30.3 Å². The van der Waals surface area contributed by atoms with Crippen LogP contribution in [0.5, 0.6) is 0 Å². The third-order valence-corrected chi connectivity index (χ3v) is 1.44. The third-order valence-electron chi connectivity index (χ3n) is 1.44. The largest absolute Gasteiger partial charge is 0.346 e. The summed E-state index contributed by atoms with van der Waals surface area (Å²) in [6, 6.07) is 9.59. The van der Waals surface area contributed by atoms with E-state index in [0.717, 1.165) is 5.56 Å². The molecule has 1 aromatic rings. The lowest BCUT2D eigenvalue weighted by molar-refractivity contribution is -0.256. The average Bonchev–Trinajstić information content (AvgIpc) is 2.16. The number of aliphatic hydroxyl groups is 1. The Balaban J connectivity index is 0.00000144. The molecule has 74 valence electrons. The van der Waals surface area contributed by atoms with Gasteiger partial charge >= 0.3 is 0 Å². The van der Waals surface area contributed by atoms with Crippen molar-refractivity contribution >= 4 is 17.0 Å². The van der Waals surface area contributed by atoms with Gasteiger partial charge in [-0.05, 0) is 5.56 Å². The number of hydrogen-bond acceptors (Lipinski definition) is 3. The van der Waals surface area contributed by atoms with Crippen LogP contribution < -0.4 is 0 Å². The van der Waals surface area contributed by atoms with E-state index >= 15 is 0 Å². The van der Waals surface area contributed by atoms with E-state index in [2.05, 4.69) is 4.74 Å². The predicted octanol–water partition coefficient (Wildman–Crippen LogP) is 1.70. The summed E-state index contributed by atoms with van der Waals surface area (Å²) in [5, 5.41) is 8.87. The van der Waals surface area contributed by atoms with Crippen molar-refractivity contribution in [2.75, 3.05) is 7.11 Å². The SMILES string of the molecule is Br.COC(O)OCc1ccccc1. The second-order valence-corrected chi connectivity index (χ2v) is 2.34. The molecule has 1 N–H and O–H groups in total. The second-order valence-electron chi connectivity index (χ2n) is 2.34. The number of ether oxygens (including phenoxy) is 2. The quantitative estimate of drug-likeness (QED) is 0.825. The number of aliphatic hydroxyl groups excluding tert-OH is 1. The Morgan fingerprint density at radius 1 is 1.31 bits per heavy atom. The van der Waals surface area contributed by atoms with E-state index in [9.17, 15) is 0 Å². The van der Waals surface area contributed by atoms with E-state index in [1.54, 1.807) is 0 Å². The van der Waals surface area contributed by atoms with Gasteiger partial charge in [0.25, 0.3) is 6.48 Å². The Kier molecular flexibility index (Phi) is 6.80. The molecule has 0 saturated heterocycles. The molecule has 4 heteroatoms. The molecule has 0 heterocycles. The molecular formula is C9H13BrO3. The maximum Gasteiger partial charge on any atom is 0.269 e. The fourth-order valence-electron chi connectivity index (χ4n) is 0.810. The van der Waals surface area contributed by atoms with Crippen LogP contribution in [-0.2, 0) is 16.1 Å². The van der Waals surface area contributed by atoms with Gasteiger partial charge in [0.1, 0.15) is 0 Å². The lowest BCUT2D eigenvalue weighted by Crippen LogP contribution is -2.13. The summed E-state index contributed by atoms with van der Waals surface area (Å²) < 4.78 is 9.42. The van der Waals surface area contributed by atoms with E-state index in [0.29, 0.717) is 6.61 Å². The fourth-order valence-corrected chi connectivity index (χ4v) is 0.810. The first-order chi connectivity index (χ1) is 5.83. The Morgan fingerprint density at radius 2 is 1.92 bits per heavy atom. The van der Waals surface area contributed by atoms with Gasteiger partial charge in [-0.25, -0.2) is 0 Å². The summed E-state index contributed by atoms with van der Waals surface area (Å²) >= 11 is 0. The molecule has 0 aliphatic rings. The molecule has 0 fully saturated rings. The van der Waals surface area contributed by atoms with Gasteiger partial charge in [-0.15, -0.1) is 17.0 Å².